The minimum absolute atomic E-state index is 0.0234. The second-order valence-corrected chi connectivity index (χ2v) is 21.8. The molecule has 2 heterocycles. The molecule has 19 nitrogen and oxygen atoms in total. The van der Waals surface area contributed by atoms with Gasteiger partial charge in [0.1, 0.15) is 12.8 Å². The van der Waals surface area contributed by atoms with Crippen molar-refractivity contribution in [2.75, 3.05) is 25.0 Å². The number of imide groups is 1. The summed E-state index contributed by atoms with van der Waals surface area (Å²) in [5.74, 6) is -6.09. The van der Waals surface area contributed by atoms with Gasteiger partial charge in [-0.3, -0.25) is 38.5 Å². The second-order valence-electron chi connectivity index (χ2n) is 21.8. The van der Waals surface area contributed by atoms with Gasteiger partial charge in [-0.15, -0.1) is 0 Å². The van der Waals surface area contributed by atoms with Gasteiger partial charge in [-0.05, 0) is 106 Å². The number of amides is 6. The van der Waals surface area contributed by atoms with Crippen molar-refractivity contribution < 1.29 is 76.0 Å². The van der Waals surface area contributed by atoms with E-state index in [9.17, 15) is 48.3 Å². The summed E-state index contributed by atoms with van der Waals surface area (Å²) in [7, 11) is 0. The van der Waals surface area contributed by atoms with Crippen LogP contribution in [0.3, 0.4) is 0 Å². The molecule has 0 radical (unpaired) electrons. The monoisotopic (exact) mass is 1060 g/mol. The Balaban J connectivity index is 0.931. The van der Waals surface area contributed by atoms with Gasteiger partial charge in [0.15, 0.2) is 35.7 Å². The predicted octanol–water partition coefficient (Wildman–Crippen LogP) is 5.71. The van der Waals surface area contributed by atoms with Crippen molar-refractivity contribution in [2.45, 2.75) is 160 Å². The van der Waals surface area contributed by atoms with Crippen molar-refractivity contribution in [1.82, 2.24) is 15.5 Å². The number of ether oxygens (including phenoxy) is 4. The number of carbonyl (C=O) groups is 9. The number of urea groups is 1. The second kappa shape index (κ2) is 23.6. The fourth-order valence-corrected chi connectivity index (χ4v) is 12.7. The molecule has 4 fully saturated rings. The van der Waals surface area contributed by atoms with Crippen LogP contribution in [0.2, 0.25) is 0 Å². The van der Waals surface area contributed by atoms with Gasteiger partial charge < -0.3 is 45.7 Å². The summed E-state index contributed by atoms with van der Waals surface area (Å²) < 4.78 is 57.5. The highest BCUT2D eigenvalue weighted by atomic mass is 19.1. The summed E-state index contributed by atoms with van der Waals surface area (Å²) in [5.41, 5.74) is -1.08. The summed E-state index contributed by atoms with van der Waals surface area (Å²) in [6.45, 7) is 7.95. The van der Waals surface area contributed by atoms with E-state index in [1.54, 1.807) is 45.0 Å². The fourth-order valence-electron chi connectivity index (χ4n) is 12.7. The molecule has 0 aromatic heterocycles. The van der Waals surface area contributed by atoms with Crippen LogP contribution in [0.5, 0.6) is 0 Å². The third-order valence-electron chi connectivity index (χ3n) is 16.6. The first-order valence-corrected chi connectivity index (χ1v) is 26.4. The van der Waals surface area contributed by atoms with Crippen LogP contribution in [-0.2, 0) is 59.1 Å². The molecule has 76 heavy (non-hydrogen) atoms. The van der Waals surface area contributed by atoms with Crippen molar-refractivity contribution >= 4 is 58.9 Å². The Morgan fingerprint density at radius 3 is 2.33 bits per heavy atom. The molecule has 6 amide bonds. The number of ketones is 3. The predicted molar refractivity (Wildman–Crippen MR) is 269 cm³/mol. The number of hydrogen-bond donors (Lipinski definition) is 5. The number of alkyl halides is 2. The lowest BCUT2D eigenvalue weighted by Crippen LogP contribution is -2.71. The average molecular weight is 1060 g/mol. The maximum atomic E-state index is 17.9. The van der Waals surface area contributed by atoms with E-state index in [-0.39, 0.29) is 93.2 Å². The molecule has 6 aliphatic rings. The SMILES string of the molecule is CCCC1O[C@@H]2C[C@H]3[C@@H]4C[C@H](F)C5=CC(=O)C=C[C@]5(C)[C@@]4(F)[C@@H](O)C[C@]3(C)[C@]2(C(=O)COC(=O)OCc2ccc(NC(=O)[C@H](CCCNC(N)=O)CC(=O)[C@@H](NC(=O)CCCCCN3C(=O)C=CC3=O)C(C)C)cc2)O1. The van der Waals surface area contributed by atoms with Gasteiger partial charge in [-0.2, -0.15) is 0 Å². The number of nitrogens with zero attached hydrogens (tertiary/aromatic N) is 1. The minimum Gasteiger partial charge on any atom is -0.429 e. The first kappa shape index (κ1) is 57.5. The van der Waals surface area contributed by atoms with Crippen LogP contribution >= 0.6 is 0 Å². The molecule has 1 aromatic rings. The minimum atomic E-state index is -2.39. The standard InChI is InChI=1S/C55H71F2N5O14/c1-6-11-47-75-43-27-36-37-26-39(56)38-25-35(63)20-21-52(38,4)54(37,57)41(65)28-53(36,5)55(43,76-47)42(66)30-74-51(72)73-29-32-14-16-34(17-15-32)60-49(70)33(12-10-22-59-50(58)71)24-40(64)48(31(2)3)61-44(67)13-8-7-9-23-62-45(68)18-19-46(62)69/h14-21,25,31,33,36-37,39,41,43,47-48,65H,6-13,22-24,26-30H2,1-5H3,(H,60,70)(H,61,67)(H3,58,59,71)/t33-,36+,37+,39+,41+,43-,47?,48+,52+,53+,54+,55-/m1/s1. The van der Waals surface area contributed by atoms with Crippen LogP contribution in [0.15, 0.2) is 60.2 Å². The molecular formula is C55H71F2N5O14. The molecule has 3 saturated carbocycles. The number of allylic oxidation sites excluding steroid dienone is 4. The van der Waals surface area contributed by atoms with Crippen molar-refractivity contribution in [1.29, 1.82) is 0 Å². The van der Waals surface area contributed by atoms with Gasteiger partial charge in [-0.1, -0.05) is 58.7 Å². The Labute approximate surface area is 440 Å². The molecule has 7 rings (SSSR count). The van der Waals surface area contributed by atoms with Gasteiger partial charge in [0.25, 0.3) is 11.8 Å². The Hall–Kier alpha value is -6.19. The summed E-state index contributed by atoms with van der Waals surface area (Å²) in [6.07, 6.45) is 2.26. The molecule has 4 aliphatic carbocycles. The number of halogens is 2. The lowest BCUT2D eigenvalue weighted by Gasteiger charge is -2.63. The molecule has 1 unspecified atom stereocenters. The molecule has 414 valence electrons. The molecule has 0 bridgehead atoms. The largest absolute Gasteiger partial charge is 0.509 e. The summed E-state index contributed by atoms with van der Waals surface area (Å²) in [6, 6.07) is 4.62. The smallest absolute Gasteiger partial charge is 0.429 e. The van der Waals surface area contributed by atoms with Crippen molar-refractivity contribution in [3.8, 4) is 0 Å². The average Bonchev–Trinajstić information content (AvgIpc) is 4.19. The van der Waals surface area contributed by atoms with Crippen molar-refractivity contribution in [3.63, 3.8) is 0 Å². The number of nitrogens with two attached hydrogens (primary N) is 1. The van der Waals surface area contributed by atoms with E-state index < -0.39 is 107 Å². The first-order valence-electron chi connectivity index (χ1n) is 26.4. The van der Waals surface area contributed by atoms with E-state index in [2.05, 4.69) is 16.0 Å². The number of primary amides is 1. The number of nitrogens with one attached hydrogen (secondary N) is 3. The number of hydrogen-bond acceptors (Lipinski definition) is 14. The molecule has 1 aromatic carbocycles. The number of aliphatic hydroxyl groups excluding tert-OH is 1. The zero-order valence-corrected chi connectivity index (χ0v) is 43.7. The van der Waals surface area contributed by atoms with E-state index in [4.69, 9.17) is 24.7 Å². The number of benzene rings is 1. The summed E-state index contributed by atoms with van der Waals surface area (Å²) >= 11 is 0. The maximum Gasteiger partial charge on any atom is 0.509 e. The first-order chi connectivity index (χ1) is 36.0. The quantitative estimate of drug-likeness (QED) is 0.0472. The third-order valence-corrected chi connectivity index (χ3v) is 16.6. The Morgan fingerprint density at radius 1 is 0.947 bits per heavy atom. The number of fused-ring (bicyclic) bond motifs is 7. The van der Waals surface area contributed by atoms with E-state index in [0.29, 0.717) is 49.8 Å². The number of carbonyl (C=O) groups excluding carboxylic acids is 9. The van der Waals surface area contributed by atoms with E-state index >= 15 is 8.78 Å². The lowest BCUT2D eigenvalue weighted by molar-refractivity contribution is -0.234. The van der Waals surface area contributed by atoms with Crippen LogP contribution in [0.4, 0.5) is 24.1 Å². The highest BCUT2D eigenvalue weighted by molar-refractivity contribution is 6.12. The molecule has 1 saturated heterocycles. The molecule has 21 heteroatoms. The lowest BCUT2D eigenvalue weighted by atomic mass is 9.44. The van der Waals surface area contributed by atoms with E-state index in [0.717, 1.165) is 11.0 Å². The molecule has 12 atom stereocenters. The maximum absolute atomic E-state index is 17.9. The number of Topliss-reactive ketones (excluding diaryl/α,β-unsaturated/α-hetero) is 2. The summed E-state index contributed by atoms with van der Waals surface area (Å²) in [5, 5.41) is 20.0. The fraction of sp³-hybridized carbons (Fsp3) is 0.618. The van der Waals surface area contributed by atoms with Gasteiger partial charge in [0.2, 0.25) is 17.6 Å². The van der Waals surface area contributed by atoms with Crippen LogP contribution in [0.25, 0.3) is 0 Å². The number of aliphatic hydroxyl groups is 1. The number of rotatable bonds is 24. The molecule has 2 aliphatic heterocycles. The topological polar surface area (TPSA) is 276 Å². The van der Waals surface area contributed by atoms with E-state index in [1.165, 1.54) is 31.2 Å². The normalized spacial score (nSPS) is 30.9. The van der Waals surface area contributed by atoms with Crippen LogP contribution in [0.1, 0.15) is 117 Å². The molecule has 6 N–H and O–H groups in total. The van der Waals surface area contributed by atoms with Crippen LogP contribution in [-0.4, -0.2) is 125 Å². The Morgan fingerprint density at radius 2 is 1.66 bits per heavy atom. The zero-order chi connectivity index (χ0) is 55.3. The van der Waals surface area contributed by atoms with Gasteiger partial charge in [0.05, 0.1) is 18.2 Å². The van der Waals surface area contributed by atoms with Gasteiger partial charge >= 0.3 is 12.2 Å². The van der Waals surface area contributed by atoms with Crippen molar-refractivity contribution in [2.24, 2.45) is 40.2 Å². The Bertz CT molecular complexity index is 2520. The molecule has 0 spiro atoms. The molecular weight excluding hydrogens is 993 g/mol. The van der Waals surface area contributed by atoms with Crippen molar-refractivity contribution in [3.05, 3.63) is 65.8 Å². The zero-order valence-electron chi connectivity index (χ0n) is 43.7. The van der Waals surface area contributed by atoms with E-state index in [1.807, 2.05) is 6.92 Å². The summed E-state index contributed by atoms with van der Waals surface area (Å²) in [4.78, 5) is 116. The van der Waals surface area contributed by atoms with Gasteiger partial charge in [0, 0.05) is 66.4 Å². The third kappa shape index (κ3) is 11.4. The van der Waals surface area contributed by atoms with Gasteiger partial charge in [-0.25, -0.2) is 18.4 Å². The van der Waals surface area contributed by atoms with Crippen LogP contribution < -0.4 is 21.7 Å². The number of anilines is 1. The Kier molecular flexibility index (Phi) is 17.9. The number of unbranched alkanes of at least 4 members (excludes halogenated alkanes) is 2. The highest BCUT2D eigenvalue weighted by Crippen LogP contribution is 2.72. The highest BCUT2D eigenvalue weighted by Gasteiger charge is 2.80. The van der Waals surface area contributed by atoms with Crippen LogP contribution in [0, 0.1) is 34.5 Å².